The van der Waals surface area contributed by atoms with E-state index in [1.54, 1.807) is 6.08 Å². The first-order chi connectivity index (χ1) is 9.77. The fraction of sp³-hybridized carbons (Fsp3) is 0.438. The molecule has 1 rings (SSSR count). The molecule has 1 aromatic carbocycles. The van der Waals surface area contributed by atoms with E-state index in [2.05, 4.69) is 0 Å². The number of hydrogen-bond donors (Lipinski definition) is 1. The van der Waals surface area contributed by atoms with E-state index in [4.69, 9.17) is 14.6 Å². The maximum absolute atomic E-state index is 11.6. The van der Waals surface area contributed by atoms with Crippen molar-refractivity contribution in [2.24, 2.45) is 0 Å². The predicted octanol–water partition coefficient (Wildman–Crippen LogP) is 2.77. The van der Waals surface area contributed by atoms with Crippen molar-refractivity contribution in [3.63, 3.8) is 0 Å². The van der Waals surface area contributed by atoms with E-state index in [0.717, 1.165) is 31.2 Å². The van der Waals surface area contributed by atoms with Crippen molar-refractivity contribution in [3.05, 3.63) is 41.7 Å². The number of benzene rings is 1. The normalized spacial score (nSPS) is 11.2. The highest BCUT2D eigenvalue weighted by atomic mass is 16.6. The van der Waals surface area contributed by atoms with Crippen LogP contribution in [0.15, 0.2) is 36.1 Å². The Labute approximate surface area is 120 Å². The van der Waals surface area contributed by atoms with Crippen molar-refractivity contribution in [2.45, 2.75) is 25.7 Å². The maximum atomic E-state index is 11.6. The second-order valence-corrected chi connectivity index (χ2v) is 4.40. The molecule has 0 saturated heterocycles. The van der Waals surface area contributed by atoms with E-state index in [9.17, 15) is 4.79 Å². The average Bonchev–Trinajstić information content (AvgIpc) is 2.49. The SMILES string of the molecule is COC(=O)C(=Cc1ccccc1)OCCCCCCO. The molecule has 0 amide bonds. The lowest BCUT2D eigenvalue weighted by atomic mass is 10.2. The quantitative estimate of drug-likeness (QED) is 0.326. The number of methoxy groups -OCH3 is 1. The van der Waals surface area contributed by atoms with Crippen molar-refractivity contribution in [3.8, 4) is 0 Å². The Bertz CT molecular complexity index is 412. The third kappa shape index (κ3) is 6.38. The molecule has 0 unspecified atom stereocenters. The van der Waals surface area contributed by atoms with Crippen LogP contribution in [0.3, 0.4) is 0 Å². The van der Waals surface area contributed by atoms with Crippen LogP contribution in [0.25, 0.3) is 6.08 Å². The fourth-order valence-electron chi connectivity index (χ4n) is 1.71. The monoisotopic (exact) mass is 278 g/mol. The number of carbonyl (C=O) groups excluding carboxylic acids is 1. The molecule has 0 heterocycles. The van der Waals surface area contributed by atoms with Crippen molar-refractivity contribution in [2.75, 3.05) is 20.3 Å². The van der Waals surface area contributed by atoms with Crippen LogP contribution in [0.4, 0.5) is 0 Å². The van der Waals surface area contributed by atoms with E-state index in [1.807, 2.05) is 30.3 Å². The minimum absolute atomic E-state index is 0.223. The van der Waals surface area contributed by atoms with E-state index < -0.39 is 5.97 Å². The summed E-state index contributed by atoms with van der Waals surface area (Å²) in [5, 5.41) is 8.68. The first kappa shape index (κ1) is 16.2. The van der Waals surface area contributed by atoms with Crippen molar-refractivity contribution in [1.82, 2.24) is 0 Å². The highest BCUT2D eigenvalue weighted by Gasteiger charge is 2.11. The predicted molar refractivity (Wildman–Crippen MR) is 77.9 cm³/mol. The van der Waals surface area contributed by atoms with E-state index in [0.29, 0.717) is 6.61 Å². The molecule has 0 fully saturated rings. The van der Waals surface area contributed by atoms with Crippen LogP contribution < -0.4 is 0 Å². The summed E-state index contributed by atoms with van der Waals surface area (Å²) < 4.78 is 10.2. The summed E-state index contributed by atoms with van der Waals surface area (Å²) in [5.74, 6) is -0.245. The highest BCUT2D eigenvalue weighted by molar-refractivity contribution is 5.91. The second-order valence-electron chi connectivity index (χ2n) is 4.40. The summed E-state index contributed by atoms with van der Waals surface area (Å²) in [6.07, 6.45) is 5.28. The molecule has 0 spiro atoms. The molecule has 4 heteroatoms. The number of unbranched alkanes of at least 4 members (excludes halogenated alkanes) is 3. The molecule has 0 aliphatic carbocycles. The second kappa shape index (κ2) is 10.0. The van der Waals surface area contributed by atoms with Gasteiger partial charge in [-0.3, -0.25) is 0 Å². The zero-order chi connectivity index (χ0) is 14.6. The van der Waals surface area contributed by atoms with Gasteiger partial charge in [0, 0.05) is 6.61 Å². The number of esters is 1. The summed E-state index contributed by atoms with van der Waals surface area (Å²) in [5.41, 5.74) is 0.896. The fourth-order valence-corrected chi connectivity index (χ4v) is 1.71. The molecule has 0 aromatic heterocycles. The molecule has 1 N–H and O–H groups in total. The molecule has 0 atom stereocenters. The molecule has 4 nitrogen and oxygen atoms in total. The molecule has 0 bridgehead atoms. The van der Waals surface area contributed by atoms with Gasteiger partial charge >= 0.3 is 5.97 Å². The van der Waals surface area contributed by atoms with Crippen molar-refractivity contribution in [1.29, 1.82) is 0 Å². The summed E-state index contributed by atoms with van der Waals surface area (Å²) in [4.78, 5) is 11.6. The Kier molecular flexibility index (Phi) is 8.15. The van der Waals surface area contributed by atoms with Gasteiger partial charge in [0.2, 0.25) is 5.76 Å². The first-order valence-corrected chi connectivity index (χ1v) is 6.86. The zero-order valence-corrected chi connectivity index (χ0v) is 11.9. The molecule has 0 radical (unpaired) electrons. The lowest BCUT2D eigenvalue weighted by molar-refractivity contribution is -0.140. The Morgan fingerprint density at radius 1 is 1.15 bits per heavy atom. The molecule has 110 valence electrons. The topological polar surface area (TPSA) is 55.8 Å². The third-order valence-electron chi connectivity index (χ3n) is 2.79. The maximum Gasteiger partial charge on any atom is 0.373 e. The Balaban J connectivity index is 2.49. The van der Waals surface area contributed by atoms with Crippen LogP contribution in [0, 0.1) is 0 Å². The van der Waals surface area contributed by atoms with Crippen LogP contribution in [0.2, 0.25) is 0 Å². The lowest BCUT2D eigenvalue weighted by Crippen LogP contribution is -2.09. The van der Waals surface area contributed by atoms with Crippen molar-refractivity contribution < 1.29 is 19.4 Å². The van der Waals surface area contributed by atoms with Gasteiger partial charge in [0.25, 0.3) is 0 Å². The third-order valence-corrected chi connectivity index (χ3v) is 2.79. The van der Waals surface area contributed by atoms with Crippen LogP contribution >= 0.6 is 0 Å². The number of carbonyl (C=O) groups is 1. The number of aliphatic hydroxyl groups excluding tert-OH is 1. The van der Waals surface area contributed by atoms with Crippen LogP contribution in [-0.2, 0) is 14.3 Å². The van der Waals surface area contributed by atoms with Gasteiger partial charge in [0.1, 0.15) is 0 Å². The zero-order valence-electron chi connectivity index (χ0n) is 11.9. The molecule has 1 aromatic rings. The molecule has 0 aliphatic rings. The minimum atomic E-state index is -0.468. The number of ether oxygens (including phenoxy) is 2. The largest absolute Gasteiger partial charge is 0.487 e. The van der Waals surface area contributed by atoms with Gasteiger partial charge in [-0.1, -0.05) is 36.8 Å². The first-order valence-electron chi connectivity index (χ1n) is 6.86. The minimum Gasteiger partial charge on any atom is -0.487 e. The summed E-state index contributed by atoms with van der Waals surface area (Å²) in [6, 6.07) is 9.50. The van der Waals surface area contributed by atoms with Crippen LogP contribution in [0.1, 0.15) is 31.2 Å². The Morgan fingerprint density at radius 2 is 1.85 bits per heavy atom. The van der Waals surface area contributed by atoms with Gasteiger partial charge < -0.3 is 14.6 Å². The van der Waals surface area contributed by atoms with Crippen LogP contribution in [-0.4, -0.2) is 31.4 Å². The van der Waals surface area contributed by atoms with E-state index >= 15 is 0 Å². The molecule has 20 heavy (non-hydrogen) atoms. The summed E-state index contributed by atoms with van der Waals surface area (Å²) in [7, 11) is 1.34. The lowest BCUT2D eigenvalue weighted by Gasteiger charge is -2.08. The molecular formula is C16H22O4. The number of hydrogen-bond acceptors (Lipinski definition) is 4. The molecule has 0 saturated carbocycles. The summed E-state index contributed by atoms with van der Waals surface area (Å²) in [6.45, 7) is 0.696. The summed E-state index contributed by atoms with van der Waals surface area (Å²) >= 11 is 0. The molecular weight excluding hydrogens is 256 g/mol. The standard InChI is InChI=1S/C16H22O4/c1-19-16(18)15(13-14-9-5-4-6-10-14)20-12-8-3-2-7-11-17/h4-6,9-10,13,17H,2-3,7-8,11-12H2,1H3. The Hall–Kier alpha value is -1.81. The Morgan fingerprint density at radius 3 is 2.50 bits per heavy atom. The highest BCUT2D eigenvalue weighted by Crippen LogP contribution is 2.10. The molecule has 0 aliphatic heterocycles. The van der Waals surface area contributed by atoms with Gasteiger partial charge in [-0.15, -0.1) is 0 Å². The van der Waals surface area contributed by atoms with Gasteiger partial charge in [-0.05, 0) is 30.9 Å². The van der Waals surface area contributed by atoms with Crippen LogP contribution in [0.5, 0.6) is 0 Å². The van der Waals surface area contributed by atoms with Gasteiger partial charge in [0.15, 0.2) is 0 Å². The van der Waals surface area contributed by atoms with E-state index in [-0.39, 0.29) is 12.4 Å². The number of aliphatic hydroxyl groups is 1. The van der Waals surface area contributed by atoms with Gasteiger partial charge in [-0.25, -0.2) is 4.79 Å². The smallest absolute Gasteiger partial charge is 0.373 e. The van der Waals surface area contributed by atoms with Gasteiger partial charge in [-0.2, -0.15) is 0 Å². The van der Waals surface area contributed by atoms with E-state index in [1.165, 1.54) is 7.11 Å². The van der Waals surface area contributed by atoms with Crippen molar-refractivity contribution >= 4 is 12.0 Å². The number of rotatable bonds is 9. The average molecular weight is 278 g/mol. The van der Waals surface area contributed by atoms with Gasteiger partial charge in [0.05, 0.1) is 13.7 Å².